The fraction of sp³-hybridized carbons (Fsp3) is 0.462. The summed E-state index contributed by atoms with van der Waals surface area (Å²) in [6, 6.07) is 3.11. The summed E-state index contributed by atoms with van der Waals surface area (Å²) in [4.78, 5) is 11.5. The van der Waals surface area contributed by atoms with Gasteiger partial charge in [0.15, 0.2) is 0 Å². The van der Waals surface area contributed by atoms with Gasteiger partial charge in [-0.25, -0.2) is 8.78 Å². The minimum absolute atomic E-state index is 0.0117. The molecule has 0 aliphatic rings. The quantitative estimate of drug-likeness (QED) is 0.850. The second-order valence-corrected chi connectivity index (χ2v) is 4.58. The van der Waals surface area contributed by atoms with Gasteiger partial charge in [-0.15, -0.1) is 0 Å². The highest BCUT2D eigenvalue weighted by atomic mass is 19.1. The molecular weight excluding hydrogens is 238 g/mol. The second kappa shape index (κ2) is 6.33. The lowest BCUT2D eigenvalue weighted by molar-refractivity contribution is -0.120. The largest absolute Gasteiger partial charge is 0.374 e. The fourth-order valence-corrected chi connectivity index (χ4v) is 1.28. The van der Waals surface area contributed by atoms with E-state index in [-0.39, 0.29) is 24.2 Å². The Morgan fingerprint density at radius 3 is 2.56 bits per heavy atom. The van der Waals surface area contributed by atoms with E-state index in [4.69, 9.17) is 0 Å². The first-order valence-electron chi connectivity index (χ1n) is 5.88. The summed E-state index contributed by atoms with van der Waals surface area (Å²) in [5, 5.41) is 5.34. The number of rotatable bonds is 5. The number of hydrogen-bond donors (Lipinski definition) is 2. The van der Waals surface area contributed by atoms with E-state index in [0.717, 1.165) is 18.2 Å². The third kappa shape index (κ3) is 4.31. The molecule has 18 heavy (non-hydrogen) atoms. The number of carbonyl (C=O) groups excluding carboxylic acids is 1. The van der Waals surface area contributed by atoms with Crippen LogP contribution in [-0.2, 0) is 4.79 Å². The van der Waals surface area contributed by atoms with Gasteiger partial charge in [-0.2, -0.15) is 0 Å². The van der Waals surface area contributed by atoms with Gasteiger partial charge in [-0.3, -0.25) is 4.79 Å². The van der Waals surface area contributed by atoms with Gasteiger partial charge in [0.1, 0.15) is 11.6 Å². The second-order valence-electron chi connectivity index (χ2n) is 4.58. The summed E-state index contributed by atoms with van der Waals surface area (Å²) >= 11 is 0. The van der Waals surface area contributed by atoms with Crippen molar-refractivity contribution in [3.05, 3.63) is 29.8 Å². The number of nitrogens with one attached hydrogen (secondary N) is 2. The number of benzene rings is 1. The zero-order valence-electron chi connectivity index (χ0n) is 10.8. The molecule has 1 unspecified atom stereocenters. The van der Waals surface area contributed by atoms with E-state index in [1.807, 2.05) is 20.8 Å². The summed E-state index contributed by atoms with van der Waals surface area (Å²) < 4.78 is 26.1. The van der Waals surface area contributed by atoms with E-state index in [1.54, 1.807) is 0 Å². The van der Waals surface area contributed by atoms with Gasteiger partial charge >= 0.3 is 0 Å². The average Bonchev–Trinajstić information content (AvgIpc) is 2.30. The van der Waals surface area contributed by atoms with Crippen molar-refractivity contribution < 1.29 is 13.6 Å². The van der Waals surface area contributed by atoms with Gasteiger partial charge in [0.05, 0.1) is 12.2 Å². The van der Waals surface area contributed by atoms with Gasteiger partial charge in [-0.1, -0.05) is 13.8 Å². The molecule has 0 aromatic heterocycles. The number of carbonyl (C=O) groups is 1. The highest BCUT2D eigenvalue weighted by molar-refractivity contribution is 5.80. The highest BCUT2D eigenvalue weighted by Crippen LogP contribution is 2.14. The van der Waals surface area contributed by atoms with Crippen LogP contribution < -0.4 is 10.6 Å². The summed E-state index contributed by atoms with van der Waals surface area (Å²) in [7, 11) is 0. The van der Waals surface area contributed by atoms with E-state index >= 15 is 0 Å². The molecule has 0 saturated heterocycles. The molecule has 0 heterocycles. The van der Waals surface area contributed by atoms with Crippen LogP contribution in [0.2, 0.25) is 0 Å². The van der Waals surface area contributed by atoms with Crippen LogP contribution in [0.4, 0.5) is 14.5 Å². The molecular formula is C13H18F2N2O. The Morgan fingerprint density at radius 1 is 1.28 bits per heavy atom. The third-order valence-electron chi connectivity index (χ3n) is 2.76. The highest BCUT2D eigenvalue weighted by Gasteiger charge is 2.11. The van der Waals surface area contributed by atoms with Gasteiger partial charge < -0.3 is 10.6 Å². The normalized spacial score (nSPS) is 12.3. The standard InChI is InChI=1S/C13H18F2N2O/c1-8(2)9(3)17-13(18)7-16-12-6-10(14)4-5-11(12)15/h4-6,8-9,16H,7H2,1-3H3,(H,17,18). The first-order valence-corrected chi connectivity index (χ1v) is 5.88. The van der Waals surface area contributed by atoms with Crippen molar-refractivity contribution in [1.29, 1.82) is 0 Å². The lowest BCUT2D eigenvalue weighted by atomic mass is 10.1. The van der Waals surface area contributed by atoms with Crippen LogP contribution in [0.15, 0.2) is 18.2 Å². The van der Waals surface area contributed by atoms with Crippen molar-refractivity contribution in [2.45, 2.75) is 26.8 Å². The van der Waals surface area contributed by atoms with Crippen LogP contribution in [0, 0.1) is 17.6 Å². The molecule has 1 aromatic rings. The molecule has 5 heteroatoms. The molecule has 1 aromatic carbocycles. The monoisotopic (exact) mass is 256 g/mol. The van der Waals surface area contributed by atoms with Crippen LogP contribution in [0.5, 0.6) is 0 Å². The molecule has 0 bridgehead atoms. The van der Waals surface area contributed by atoms with Crippen LogP contribution >= 0.6 is 0 Å². The zero-order valence-corrected chi connectivity index (χ0v) is 10.8. The van der Waals surface area contributed by atoms with E-state index in [2.05, 4.69) is 10.6 Å². The molecule has 1 amide bonds. The number of hydrogen-bond acceptors (Lipinski definition) is 2. The van der Waals surface area contributed by atoms with E-state index in [9.17, 15) is 13.6 Å². The lowest BCUT2D eigenvalue weighted by Gasteiger charge is -2.17. The van der Waals surface area contributed by atoms with Gasteiger partial charge in [0.2, 0.25) is 5.91 Å². The van der Waals surface area contributed by atoms with Crippen molar-refractivity contribution in [3.8, 4) is 0 Å². The van der Waals surface area contributed by atoms with Crippen LogP contribution in [-0.4, -0.2) is 18.5 Å². The summed E-state index contributed by atoms with van der Waals surface area (Å²) in [6.07, 6.45) is 0. The Labute approximate surface area is 106 Å². The van der Waals surface area contributed by atoms with E-state index < -0.39 is 11.6 Å². The molecule has 3 nitrogen and oxygen atoms in total. The van der Waals surface area contributed by atoms with Crippen molar-refractivity contribution in [1.82, 2.24) is 5.32 Å². The average molecular weight is 256 g/mol. The SMILES string of the molecule is CC(C)C(C)NC(=O)CNc1cc(F)ccc1F. The van der Waals surface area contributed by atoms with Gasteiger partial charge in [0.25, 0.3) is 0 Å². The van der Waals surface area contributed by atoms with Crippen molar-refractivity contribution in [2.75, 3.05) is 11.9 Å². The van der Waals surface area contributed by atoms with Crippen LogP contribution in [0.3, 0.4) is 0 Å². The Morgan fingerprint density at radius 2 is 1.94 bits per heavy atom. The van der Waals surface area contributed by atoms with Gasteiger partial charge in [-0.05, 0) is 31.0 Å². The van der Waals surface area contributed by atoms with E-state index in [0.29, 0.717) is 5.92 Å². The summed E-state index contributed by atoms with van der Waals surface area (Å²) in [5.74, 6) is -1.06. The maximum absolute atomic E-state index is 13.2. The Kier molecular flexibility index (Phi) is 5.07. The Balaban J connectivity index is 2.50. The molecule has 0 aliphatic carbocycles. The van der Waals surface area contributed by atoms with Crippen molar-refractivity contribution >= 4 is 11.6 Å². The summed E-state index contributed by atoms with van der Waals surface area (Å²) in [6.45, 7) is 5.79. The first-order chi connectivity index (χ1) is 8.40. The van der Waals surface area contributed by atoms with Crippen molar-refractivity contribution in [2.24, 2.45) is 5.92 Å². The number of amides is 1. The van der Waals surface area contributed by atoms with Crippen LogP contribution in [0.25, 0.3) is 0 Å². The first kappa shape index (κ1) is 14.4. The Bertz CT molecular complexity index is 421. The molecule has 2 N–H and O–H groups in total. The minimum atomic E-state index is -0.582. The maximum Gasteiger partial charge on any atom is 0.239 e. The number of anilines is 1. The molecule has 0 aliphatic heterocycles. The minimum Gasteiger partial charge on any atom is -0.374 e. The predicted octanol–water partition coefficient (Wildman–Crippen LogP) is 2.54. The van der Waals surface area contributed by atoms with Crippen molar-refractivity contribution in [3.63, 3.8) is 0 Å². The molecule has 0 saturated carbocycles. The fourth-order valence-electron chi connectivity index (χ4n) is 1.28. The van der Waals surface area contributed by atoms with Gasteiger partial charge in [0, 0.05) is 6.04 Å². The molecule has 100 valence electrons. The topological polar surface area (TPSA) is 41.1 Å². The zero-order chi connectivity index (χ0) is 13.7. The molecule has 0 spiro atoms. The third-order valence-corrected chi connectivity index (χ3v) is 2.76. The summed E-state index contributed by atoms with van der Waals surface area (Å²) in [5.41, 5.74) is -0.0117. The molecule has 0 radical (unpaired) electrons. The number of halogens is 2. The maximum atomic E-state index is 13.2. The Hall–Kier alpha value is -1.65. The molecule has 1 atom stereocenters. The van der Waals surface area contributed by atoms with E-state index in [1.165, 1.54) is 0 Å². The molecule has 0 fully saturated rings. The smallest absolute Gasteiger partial charge is 0.239 e. The molecule has 1 rings (SSSR count). The lowest BCUT2D eigenvalue weighted by Crippen LogP contribution is -2.39. The van der Waals surface area contributed by atoms with Crippen LogP contribution in [0.1, 0.15) is 20.8 Å². The predicted molar refractivity (Wildman–Crippen MR) is 67.3 cm³/mol.